The van der Waals surface area contributed by atoms with Crippen LogP contribution in [0.15, 0.2) is 186 Å². The number of benzene rings is 8. The molecule has 0 aliphatic carbocycles. The molecule has 0 N–H and O–H groups in total. The van der Waals surface area contributed by atoms with Gasteiger partial charge in [-0.2, -0.15) is 10.5 Å². The zero-order chi connectivity index (χ0) is 40.6. The lowest BCUT2D eigenvalue weighted by atomic mass is 9.98. The van der Waals surface area contributed by atoms with E-state index in [1.807, 2.05) is 103 Å². The van der Waals surface area contributed by atoms with Gasteiger partial charge in [0, 0.05) is 54.7 Å². The normalized spacial score (nSPS) is 11.6. The number of hydrogen-bond acceptors (Lipinski definition) is 5. The van der Waals surface area contributed by atoms with Gasteiger partial charge in [0.25, 0.3) is 0 Å². The molecule has 0 radical (unpaired) electrons. The summed E-state index contributed by atoms with van der Waals surface area (Å²) in [7, 11) is 0. The number of furan rings is 1. The van der Waals surface area contributed by atoms with Crippen molar-refractivity contribution in [2.24, 2.45) is 0 Å². The Hall–Kier alpha value is -8.78. The number of aromatic nitrogens is 4. The third-order valence-corrected chi connectivity index (χ3v) is 11.8. The molecule has 0 atom stereocenters. The largest absolute Gasteiger partial charge is 0.456 e. The first-order valence-corrected chi connectivity index (χ1v) is 20.0. The Labute approximate surface area is 348 Å². The average molecular weight is 779 g/mol. The average Bonchev–Trinajstić information content (AvgIpc) is 3.99. The van der Waals surface area contributed by atoms with Crippen LogP contribution in [0.4, 0.5) is 0 Å². The van der Waals surface area contributed by atoms with Gasteiger partial charge in [0.1, 0.15) is 28.9 Å². The van der Waals surface area contributed by atoms with Crippen LogP contribution in [-0.4, -0.2) is 19.1 Å². The van der Waals surface area contributed by atoms with Gasteiger partial charge in [0.05, 0.1) is 44.7 Å². The molecule has 0 aliphatic rings. The lowest BCUT2D eigenvalue weighted by Crippen LogP contribution is -2.03. The Balaban J connectivity index is 1.12. The van der Waals surface area contributed by atoms with Crippen molar-refractivity contribution in [3.05, 3.63) is 193 Å². The smallest absolute Gasteiger partial charge is 0.160 e. The monoisotopic (exact) mass is 778 g/mol. The highest BCUT2D eigenvalue weighted by molar-refractivity contribution is 6.24. The summed E-state index contributed by atoms with van der Waals surface area (Å²) in [5, 5.41) is 28.3. The molecule has 0 fully saturated rings. The minimum atomic E-state index is 0.326. The predicted molar refractivity (Wildman–Crippen MR) is 244 cm³/mol. The zero-order valence-corrected chi connectivity index (χ0v) is 32.4. The molecule has 0 spiro atoms. The Morgan fingerprint density at radius 1 is 0.426 bits per heavy atom. The molecule has 7 nitrogen and oxygen atoms in total. The topological polar surface area (TPSA) is 96.4 Å². The van der Waals surface area contributed by atoms with E-state index in [2.05, 4.69) is 100 Å². The van der Waals surface area contributed by atoms with E-state index in [9.17, 15) is 10.5 Å². The summed E-state index contributed by atoms with van der Waals surface area (Å²) in [6.45, 7) is 0. The molecule has 4 heterocycles. The fourth-order valence-corrected chi connectivity index (χ4v) is 9.14. The van der Waals surface area contributed by atoms with Crippen LogP contribution in [0.1, 0.15) is 11.1 Å². The maximum Gasteiger partial charge on any atom is 0.160 e. The second-order valence-corrected chi connectivity index (χ2v) is 15.1. The van der Waals surface area contributed by atoms with Crippen molar-refractivity contribution in [3.63, 3.8) is 0 Å². The second kappa shape index (κ2) is 13.4. The van der Waals surface area contributed by atoms with Gasteiger partial charge in [-0.15, -0.1) is 0 Å². The van der Waals surface area contributed by atoms with Crippen LogP contribution in [0.3, 0.4) is 0 Å². The van der Waals surface area contributed by atoms with E-state index in [0.29, 0.717) is 33.9 Å². The Morgan fingerprint density at radius 2 is 1.00 bits per heavy atom. The third kappa shape index (κ3) is 5.15. The number of nitrogens with zero attached hydrogens (tertiary/aromatic N) is 6. The fourth-order valence-electron chi connectivity index (χ4n) is 9.14. The standard InChI is InChI=1S/C54H30N6O/c55-31-36-29-34(51-44(32-56)50(33-13-3-1-4-14-33)57-54(58-51)35-24-28-49-43(30-35)40-19-9-12-22-48(40)61-49)23-27-45(36)60-47-21-11-8-18-39(47)42-26-25-41-38-17-7-10-20-46(38)59(52(41)53(42)60)37-15-5-2-6-16-37/h1-30H. The van der Waals surface area contributed by atoms with Gasteiger partial charge in [-0.25, -0.2) is 9.97 Å². The number of fused-ring (bicyclic) bond motifs is 10. The summed E-state index contributed by atoms with van der Waals surface area (Å²) < 4.78 is 10.7. The Kier molecular flexibility index (Phi) is 7.52. The van der Waals surface area contributed by atoms with Crippen LogP contribution in [0.25, 0.3) is 111 Å². The molecule has 8 aromatic carbocycles. The van der Waals surface area contributed by atoms with E-state index >= 15 is 0 Å². The van der Waals surface area contributed by atoms with Crippen LogP contribution < -0.4 is 0 Å². The molecule has 0 bridgehead atoms. The highest BCUT2D eigenvalue weighted by atomic mass is 16.3. The molecule has 0 unspecified atom stereocenters. The lowest BCUT2D eigenvalue weighted by molar-refractivity contribution is 0.669. The summed E-state index contributed by atoms with van der Waals surface area (Å²) >= 11 is 0. The Bertz CT molecular complexity index is 3840. The van der Waals surface area contributed by atoms with Gasteiger partial charge in [-0.05, 0) is 60.7 Å². The summed E-state index contributed by atoms with van der Waals surface area (Å²) in [6, 6.07) is 66.1. The molecule has 0 amide bonds. The molecule has 0 aliphatic heterocycles. The van der Waals surface area contributed by atoms with Crippen LogP contribution in [0.2, 0.25) is 0 Å². The van der Waals surface area contributed by atoms with Gasteiger partial charge < -0.3 is 13.6 Å². The molecule has 0 saturated carbocycles. The van der Waals surface area contributed by atoms with E-state index in [4.69, 9.17) is 14.4 Å². The summed E-state index contributed by atoms with van der Waals surface area (Å²) in [4.78, 5) is 10.2. The Morgan fingerprint density at radius 3 is 1.70 bits per heavy atom. The lowest BCUT2D eigenvalue weighted by Gasteiger charge is -2.15. The molecule has 61 heavy (non-hydrogen) atoms. The predicted octanol–water partition coefficient (Wildman–Crippen LogP) is 13.3. The number of nitriles is 2. The maximum absolute atomic E-state index is 11.1. The first-order chi connectivity index (χ1) is 30.2. The van der Waals surface area contributed by atoms with Crippen molar-refractivity contribution >= 4 is 65.6 Å². The summed E-state index contributed by atoms with van der Waals surface area (Å²) in [5.74, 6) is 0.459. The van der Waals surface area contributed by atoms with Gasteiger partial charge >= 0.3 is 0 Å². The van der Waals surface area contributed by atoms with Crippen molar-refractivity contribution < 1.29 is 4.42 Å². The first kappa shape index (κ1) is 34.3. The minimum Gasteiger partial charge on any atom is -0.456 e. The van der Waals surface area contributed by atoms with Crippen LogP contribution in [-0.2, 0) is 0 Å². The summed E-state index contributed by atoms with van der Waals surface area (Å²) in [5.41, 5.74) is 11.4. The summed E-state index contributed by atoms with van der Waals surface area (Å²) in [6.07, 6.45) is 0. The van der Waals surface area contributed by atoms with Crippen molar-refractivity contribution in [2.75, 3.05) is 0 Å². The maximum atomic E-state index is 11.1. The van der Waals surface area contributed by atoms with Crippen molar-refractivity contribution in [1.29, 1.82) is 10.5 Å². The van der Waals surface area contributed by atoms with Crippen LogP contribution in [0.5, 0.6) is 0 Å². The van der Waals surface area contributed by atoms with E-state index < -0.39 is 0 Å². The zero-order valence-electron chi connectivity index (χ0n) is 32.4. The third-order valence-electron chi connectivity index (χ3n) is 11.8. The highest BCUT2D eigenvalue weighted by Crippen LogP contribution is 2.43. The molecule has 4 aromatic heterocycles. The SMILES string of the molecule is N#Cc1cc(-c2nc(-c3ccc4oc5ccccc5c4c3)nc(-c3ccccc3)c2C#N)ccc1-n1c2ccccc2c2ccc3c4ccccc4n(-c4ccccc4)c3c21. The molecule has 0 saturated heterocycles. The van der Waals surface area contributed by atoms with Gasteiger partial charge in [-0.1, -0.05) is 121 Å². The van der Waals surface area contributed by atoms with Gasteiger partial charge in [-0.3, -0.25) is 0 Å². The minimum absolute atomic E-state index is 0.326. The number of rotatable bonds is 5. The van der Waals surface area contributed by atoms with E-state index in [1.54, 1.807) is 0 Å². The van der Waals surface area contributed by atoms with E-state index in [0.717, 1.165) is 88.1 Å². The van der Waals surface area contributed by atoms with Crippen LogP contribution >= 0.6 is 0 Å². The van der Waals surface area contributed by atoms with E-state index in [-0.39, 0.29) is 0 Å². The molecule has 7 heteroatoms. The van der Waals surface area contributed by atoms with Crippen LogP contribution in [0, 0.1) is 22.7 Å². The van der Waals surface area contributed by atoms with Gasteiger partial charge in [0.15, 0.2) is 5.82 Å². The van der Waals surface area contributed by atoms with Crippen molar-refractivity contribution in [1.82, 2.24) is 19.1 Å². The first-order valence-electron chi connectivity index (χ1n) is 20.0. The number of para-hydroxylation sites is 4. The van der Waals surface area contributed by atoms with Crippen molar-refractivity contribution in [3.8, 4) is 57.4 Å². The molecular weight excluding hydrogens is 749 g/mol. The van der Waals surface area contributed by atoms with E-state index in [1.165, 1.54) is 0 Å². The molecular formula is C54H30N6O. The van der Waals surface area contributed by atoms with Gasteiger partial charge in [0.2, 0.25) is 0 Å². The number of hydrogen-bond donors (Lipinski definition) is 0. The molecule has 12 rings (SSSR count). The fraction of sp³-hybridized carbons (Fsp3) is 0. The quantitative estimate of drug-likeness (QED) is 0.173. The second-order valence-electron chi connectivity index (χ2n) is 15.1. The molecule has 12 aromatic rings. The molecule has 282 valence electrons. The highest BCUT2D eigenvalue weighted by Gasteiger charge is 2.24. The van der Waals surface area contributed by atoms with Crippen molar-refractivity contribution in [2.45, 2.75) is 0 Å².